The van der Waals surface area contributed by atoms with Crippen molar-refractivity contribution in [2.45, 2.75) is 38.4 Å². The van der Waals surface area contributed by atoms with Gasteiger partial charge in [-0.15, -0.1) is 11.3 Å². The highest BCUT2D eigenvalue weighted by Crippen LogP contribution is 2.26. The second-order valence-electron chi connectivity index (χ2n) is 7.03. The lowest BCUT2D eigenvalue weighted by atomic mass is 9.85. The summed E-state index contributed by atoms with van der Waals surface area (Å²) in [7, 11) is 4.00. The third-order valence-corrected chi connectivity index (χ3v) is 5.59. The maximum atomic E-state index is 12.7. The average molecular weight is 383 g/mol. The normalized spacial score (nSPS) is 19.4. The van der Waals surface area contributed by atoms with Gasteiger partial charge in [0.2, 0.25) is 0 Å². The highest BCUT2D eigenvalue weighted by Gasteiger charge is 2.35. The van der Waals surface area contributed by atoms with E-state index in [0.717, 1.165) is 19.4 Å². The van der Waals surface area contributed by atoms with Crippen LogP contribution in [0.2, 0.25) is 0 Å². The van der Waals surface area contributed by atoms with Gasteiger partial charge in [-0.25, -0.2) is 4.79 Å². The number of carboxylic acid groups (broad SMARTS) is 1. The summed E-state index contributed by atoms with van der Waals surface area (Å²) >= 11 is 1.66. The van der Waals surface area contributed by atoms with Crippen molar-refractivity contribution in [1.82, 2.24) is 20.0 Å². The van der Waals surface area contributed by atoms with Gasteiger partial charge in [0, 0.05) is 30.1 Å². The fourth-order valence-electron chi connectivity index (χ4n) is 3.11. The number of amides is 2. The Morgan fingerprint density at radius 2 is 2.04 bits per heavy atom. The largest absolute Gasteiger partial charge is 0.480 e. The Hall–Kier alpha value is -1.64. The van der Waals surface area contributed by atoms with Crippen LogP contribution in [-0.2, 0) is 11.3 Å². The Morgan fingerprint density at radius 1 is 1.31 bits per heavy atom. The van der Waals surface area contributed by atoms with Gasteiger partial charge < -0.3 is 20.2 Å². The molecule has 1 aromatic heterocycles. The van der Waals surface area contributed by atoms with Crippen LogP contribution in [0.25, 0.3) is 0 Å². The first-order valence-corrected chi connectivity index (χ1v) is 9.95. The minimum atomic E-state index is -0.801. The zero-order valence-corrected chi connectivity index (χ0v) is 16.7. The van der Waals surface area contributed by atoms with Crippen molar-refractivity contribution in [3.8, 4) is 0 Å². The molecule has 0 aromatic carbocycles. The molecule has 2 amide bonds. The second kappa shape index (κ2) is 9.89. The number of thiophene rings is 1. The number of hydrogen-bond donors (Lipinski definition) is 2. The number of nitrogens with zero attached hydrogens (tertiary/aromatic N) is 3. The van der Waals surface area contributed by atoms with Crippen LogP contribution in [0.1, 0.15) is 24.6 Å². The van der Waals surface area contributed by atoms with Crippen molar-refractivity contribution in [2.75, 3.05) is 40.3 Å². The van der Waals surface area contributed by atoms with E-state index in [1.165, 1.54) is 4.88 Å². The van der Waals surface area contributed by atoms with Crippen molar-refractivity contribution in [1.29, 1.82) is 0 Å². The molecule has 0 radical (unpaired) electrons. The number of likely N-dealkylation sites (N-methyl/N-ethyl adjacent to an activating group) is 2. The molecule has 0 unspecified atom stereocenters. The van der Waals surface area contributed by atoms with E-state index >= 15 is 0 Å². The molecule has 0 bridgehead atoms. The zero-order valence-electron chi connectivity index (χ0n) is 15.9. The van der Waals surface area contributed by atoms with E-state index in [-0.39, 0.29) is 24.7 Å². The summed E-state index contributed by atoms with van der Waals surface area (Å²) in [5.41, 5.74) is 0. The molecule has 2 N–H and O–H groups in total. The highest BCUT2D eigenvalue weighted by molar-refractivity contribution is 7.09. The van der Waals surface area contributed by atoms with Gasteiger partial charge in [0.25, 0.3) is 0 Å². The van der Waals surface area contributed by atoms with Crippen molar-refractivity contribution in [3.63, 3.8) is 0 Å². The van der Waals surface area contributed by atoms with Gasteiger partial charge in [-0.3, -0.25) is 9.69 Å². The van der Waals surface area contributed by atoms with Crippen LogP contribution in [-0.4, -0.2) is 84.2 Å². The molecular formula is C18H30N4O3S. The summed E-state index contributed by atoms with van der Waals surface area (Å²) in [6, 6.07) is 4.38. The first-order valence-electron chi connectivity index (χ1n) is 9.07. The number of aliphatic carboxylic acids is 1. The summed E-state index contributed by atoms with van der Waals surface area (Å²) in [4.78, 5) is 30.7. The van der Waals surface area contributed by atoms with E-state index in [4.69, 9.17) is 5.11 Å². The van der Waals surface area contributed by atoms with E-state index < -0.39 is 5.97 Å². The Bertz CT molecular complexity index is 573. The molecule has 7 nitrogen and oxygen atoms in total. The molecule has 0 aliphatic heterocycles. The molecule has 0 spiro atoms. The van der Waals surface area contributed by atoms with Crippen LogP contribution in [0.5, 0.6) is 0 Å². The maximum Gasteiger partial charge on any atom is 0.317 e. The van der Waals surface area contributed by atoms with Crippen molar-refractivity contribution in [3.05, 3.63) is 22.4 Å². The van der Waals surface area contributed by atoms with Gasteiger partial charge in [-0.1, -0.05) is 13.0 Å². The van der Waals surface area contributed by atoms with E-state index in [1.807, 2.05) is 48.3 Å². The third-order valence-electron chi connectivity index (χ3n) is 4.73. The standard InChI is InChI=1S/C18H30N4O3S/c1-4-21(13-17(23)24)15-10-14(11-15)19-18(25)22(8-7-20(2)3)12-16-6-5-9-26-16/h5-6,9,14-15H,4,7-8,10-13H2,1-3H3,(H,19,25)(H,23,24). The van der Waals surface area contributed by atoms with Crippen LogP contribution in [0.4, 0.5) is 4.79 Å². The summed E-state index contributed by atoms with van der Waals surface area (Å²) in [5.74, 6) is -0.801. The van der Waals surface area contributed by atoms with Crippen molar-refractivity contribution < 1.29 is 14.7 Å². The van der Waals surface area contributed by atoms with E-state index in [2.05, 4.69) is 10.2 Å². The van der Waals surface area contributed by atoms with Crippen molar-refractivity contribution >= 4 is 23.3 Å². The topological polar surface area (TPSA) is 76.1 Å². The van der Waals surface area contributed by atoms with Gasteiger partial charge in [0.15, 0.2) is 0 Å². The Labute approximate surface area is 159 Å². The molecule has 2 rings (SSSR count). The second-order valence-corrected chi connectivity index (χ2v) is 8.06. The number of carbonyl (C=O) groups excluding carboxylic acids is 1. The number of carboxylic acids is 1. The number of urea groups is 1. The SMILES string of the molecule is CCN(CC(=O)O)C1CC(NC(=O)N(CCN(C)C)Cc2cccs2)C1. The molecule has 8 heteroatoms. The number of nitrogens with one attached hydrogen (secondary N) is 1. The van der Waals surface area contributed by atoms with E-state index in [1.54, 1.807) is 11.3 Å². The Balaban J connectivity index is 1.84. The van der Waals surface area contributed by atoms with E-state index in [0.29, 0.717) is 19.6 Å². The number of rotatable bonds is 10. The third kappa shape index (κ3) is 6.26. The minimum absolute atomic E-state index is 0.0371. The lowest BCUT2D eigenvalue weighted by Gasteiger charge is -2.42. The molecule has 0 atom stereocenters. The fourth-order valence-corrected chi connectivity index (χ4v) is 3.83. The lowest BCUT2D eigenvalue weighted by Crippen LogP contribution is -2.57. The number of carbonyl (C=O) groups is 2. The van der Waals surface area contributed by atoms with Crippen LogP contribution in [0.3, 0.4) is 0 Å². The minimum Gasteiger partial charge on any atom is -0.480 e. The summed E-state index contributed by atoms with van der Waals surface area (Å²) in [6.45, 7) is 4.86. The smallest absolute Gasteiger partial charge is 0.317 e. The van der Waals surface area contributed by atoms with Gasteiger partial charge in [-0.05, 0) is 44.9 Å². The van der Waals surface area contributed by atoms with Gasteiger partial charge in [0.1, 0.15) is 0 Å². The van der Waals surface area contributed by atoms with Gasteiger partial charge in [-0.2, -0.15) is 0 Å². The van der Waals surface area contributed by atoms with E-state index in [9.17, 15) is 9.59 Å². The maximum absolute atomic E-state index is 12.7. The first-order chi connectivity index (χ1) is 12.4. The summed E-state index contributed by atoms with van der Waals surface area (Å²) in [5, 5.41) is 14.1. The molecule has 1 fully saturated rings. The van der Waals surface area contributed by atoms with Gasteiger partial charge >= 0.3 is 12.0 Å². The molecule has 0 saturated heterocycles. The fraction of sp³-hybridized carbons (Fsp3) is 0.667. The number of hydrogen-bond acceptors (Lipinski definition) is 5. The molecule has 1 aliphatic rings. The molecule has 1 aromatic rings. The van der Waals surface area contributed by atoms with Crippen LogP contribution in [0, 0.1) is 0 Å². The molecule has 1 heterocycles. The zero-order chi connectivity index (χ0) is 19.1. The molecule has 26 heavy (non-hydrogen) atoms. The summed E-state index contributed by atoms with van der Waals surface area (Å²) < 4.78 is 0. The Morgan fingerprint density at radius 3 is 2.58 bits per heavy atom. The molecular weight excluding hydrogens is 352 g/mol. The van der Waals surface area contributed by atoms with Crippen LogP contribution >= 0.6 is 11.3 Å². The quantitative estimate of drug-likeness (QED) is 0.645. The molecule has 146 valence electrons. The predicted molar refractivity (Wildman–Crippen MR) is 104 cm³/mol. The molecule has 1 saturated carbocycles. The average Bonchev–Trinajstić information content (AvgIpc) is 3.05. The monoisotopic (exact) mass is 382 g/mol. The van der Waals surface area contributed by atoms with Crippen LogP contribution < -0.4 is 5.32 Å². The predicted octanol–water partition coefficient (Wildman–Crippen LogP) is 1.76. The first kappa shape index (κ1) is 20.7. The lowest BCUT2D eigenvalue weighted by molar-refractivity contribution is -0.139. The van der Waals surface area contributed by atoms with Crippen molar-refractivity contribution in [2.24, 2.45) is 0 Å². The van der Waals surface area contributed by atoms with Gasteiger partial charge in [0.05, 0.1) is 13.1 Å². The Kier molecular flexibility index (Phi) is 7.86. The highest BCUT2D eigenvalue weighted by atomic mass is 32.1. The summed E-state index contributed by atoms with van der Waals surface area (Å²) in [6.07, 6.45) is 1.63. The van der Waals surface area contributed by atoms with Crippen LogP contribution in [0.15, 0.2) is 17.5 Å². The molecule has 1 aliphatic carbocycles.